The molecule has 1 N–H and O–H groups in total. The van der Waals surface area contributed by atoms with Crippen molar-refractivity contribution in [1.82, 2.24) is 0 Å². The molecule has 0 aliphatic rings. The van der Waals surface area contributed by atoms with E-state index in [0.717, 1.165) is 0 Å². The quantitative estimate of drug-likeness (QED) is 0.694. The number of phenolic OH excluding ortho intramolecular Hbond substituents is 1. The largest absolute Gasteiger partial charge is 0.504 e. The zero-order valence-corrected chi connectivity index (χ0v) is 7.66. The summed E-state index contributed by atoms with van der Waals surface area (Å²) in [6, 6.07) is 6.97. The first kappa shape index (κ1) is 8.91. The minimum Gasteiger partial charge on any atom is -0.504 e. The van der Waals surface area contributed by atoms with Gasteiger partial charge in [0, 0.05) is 0 Å². The van der Waals surface area contributed by atoms with Crippen LogP contribution >= 0.6 is 0 Å². The molecule has 0 heterocycles. The minimum absolute atomic E-state index is 0.187. The molecule has 2 heteroatoms. The van der Waals surface area contributed by atoms with Crippen molar-refractivity contribution in [3.8, 4) is 11.5 Å². The van der Waals surface area contributed by atoms with Gasteiger partial charge in [0.2, 0.25) is 0 Å². The molecule has 0 aliphatic carbocycles. The smallest absolute Gasteiger partial charge is 0.161 e. The first-order valence-electron chi connectivity index (χ1n) is 3.96. The molecule has 1 aromatic carbocycles. The predicted octanol–water partition coefficient (Wildman–Crippen LogP) is 2.57. The average Bonchev–Trinajstić information content (AvgIpc) is 1.91. The Bertz CT molecular complexity index is 261. The SMILES string of the molecule is CC(C)(C)Oc1ccccc1O. The number of hydrogen-bond donors (Lipinski definition) is 1. The number of hydrogen-bond acceptors (Lipinski definition) is 2. The molecule has 0 bridgehead atoms. The van der Waals surface area contributed by atoms with Crippen LogP contribution in [-0.4, -0.2) is 10.7 Å². The molecule has 1 aromatic rings. The van der Waals surface area contributed by atoms with E-state index in [1.165, 1.54) is 0 Å². The highest BCUT2D eigenvalue weighted by Crippen LogP contribution is 2.27. The molecule has 0 saturated carbocycles. The van der Waals surface area contributed by atoms with Crippen molar-refractivity contribution in [2.24, 2.45) is 0 Å². The van der Waals surface area contributed by atoms with Crippen LogP contribution < -0.4 is 4.74 Å². The van der Waals surface area contributed by atoms with Crippen molar-refractivity contribution in [1.29, 1.82) is 0 Å². The lowest BCUT2D eigenvalue weighted by molar-refractivity contribution is 0.126. The Labute approximate surface area is 72.8 Å². The van der Waals surface area contributed by atoms with Crippen molar-refractivity contribution in [3.63, 3.8) is 0 Å². The number of aromatic hydroxyl groups is 1. The molecule has 2 nitrogen and oxygen atoms in total. The van der Waals surface area contributed by atoms with Crippen LogP contribution in [0.4, 0.5) is 0 Å². The Kier molecular flexibility index (Phi) is 2.27. The van der Waals surface area contributed by atoms with Gasteiger partial charge in [-0.15, -0.1) is 0 Å². The zero-order chi connectivity index (χ0) is 9.19. The summed E-state index contributed by atoms with van der Waals surface area (Å²) in [6.07, 6.45) is 0. The number of phenols is 1. The van der Waals surface area contributed by atoms with Crippen LogP contribution in [0.5, 0.6) is 11.5 Å². The lowest BCUT2D eigenvalue weighted by atomic mass is 10.2. The fraction of sp³-hybridized carbons (Fsp3) is 0.400. The maximum atomic E-state index is 9.35. The molecule has 66 valence electrons. The highest BCUT2D eigenvalue weighted by atomic mass is 16.5. The third-order valence-electron chi connectivity index (χ3n) is 1.28. The van der Waals surface area contributed by atoms with E-state index in [9.17, 15) is 5.11 Å². The lowest BCUT2D eigenvalue weighted by Gasteiger charge is -2.21. The van der Waals surface area contributed by atoms with E-state index in [1.54, 1.807) is 18.2 Å². The van der Waals surface area contributed by atoms with E-state index in [0.29, 0.717) is 5.75 Å². The van der Waals surface area contributed by atoms with Gasteiger partial charge < -0.3 is 9.84 Å². The molecule has 0 aliphatic heterocycles. The van der Waals surface area contributed by atoms with Crippen molar-refractivity contribution in [2.45, 2.75) is 26.4 Å². The summed E-state index contributed by atoms with van der Waals surface area (Å²) in [7, 11) is 0. The molecular formula is C10H14O2. The highest BCUT2D eigenvalue weighted by molar-refractivity contribution is 5.38. The Morgan fingerprint density at radius 1 is 1.17 bits per heavy atom. The van der Waals surface area contributed by atoms with Crippen LogP contribution in [0.2, 0.25) is 0 Å². The zero-order valence-electron chi connectivity index (χ0n) is 7.66. The van der Waals surface area contributed by atoms with Crippen molar-refractivity contribution in [2.75, 3.05) is 0 Å². The summed E-state index contributed by atoms with van der Waals surface area (Å²) in [5, 5.41) is 9.35. The Hall–Kier alpha value is -1.18. The van der Waals surface area contributed by atoms with Crippen LogP contribution in [0.25, 0.3) is 0 Å². The fourth-order valence-electron chi connectivity index (χ4n) is 0.873. The molecule has 0 spiro atoms. The van der Waals surface area contributed by atoms with Gasteiger partial charge in [-0.2, -0.15) is 0 Å². The van der Waals surface area contributed by atoms with Crippen LogP contribution in [0.1, 0.15) is 20.8 Å². The standard InChI is InChI=1S/C10H14O2/c1-10(2,3)12-9-7-5-4-6-8(9)11/h4-7,11H,1-3H3. The van der Waals surface area contributed by atoms with E-state index in [1.807, 2.05) is 26.8 Å². The molecular weight excluding hydrogens is 152 g/mol. The monoisotopic (exact) mass is 166 g/mol. The maximum Gasteiger partial charge on any atom is 0.161 e. The molecule has 0 atom stereocenters. The maximum absolute atomic E-state index is 9.35. The topological polar surface area (TPSA) is 29.5 Å². The van der Waals surface area contributed by atoms with Crippen LogP contribution in [-0.2, 0) is 0 Å². The minimum atomic E-state index is -0.265. The van der Waals surface area contributed by atoms with E-state index in [-0.39, 0.29) is 11.4 Å². The molecule has 0 saturated heterocycles. The summed E-state index contributed by atoms with van der Waals surface area (Å²) < 4.78 is 5.48. The molecule has 0 fully saturated rings. The first-order chi connectivity index (χ1) is 5.49. The molecule has 0 radical (unpaired) electrons. The van der Waals surface area contributed by atoms with Crippen LogP contribution in [0, 0.1) is 0 Å². The van der Waals surface area contributed by atoms with Crippen LogP contribution in [0.3, 0.4) is 0 Å². The van der Waals surface area contributed by atoms with Gasteiger partial charge in [0.15, 0.2) is 11.5 Å². The molecule has 0 aromatic heterocycles. The summed E-state index contributed by atoms with van der Waals surface area (Å²) in [5.41, 5.74) is -0.265. The number of benzene rings is 1. The molecule has 12 heavy (non-hydrogen) atoms. The second-order valence-electron chi connectivity index (χ2n) is 3.68. The van der Waals surface area contributed by atoms with Crippen molar-refractivity contribution in [3.05, 3.63) is 24.3 Å². The normalized spacial score (nSPS) is 11.2. The Morgan fingerprint density at radius 3 is 2.25 bits per heavy atom. The van der Waals surface area contributed by atoms with Gasteiger partial charge in [0.25, 0.3) is 0 Å². The second-order valence-corrected chi connectivity index (χ2v) is 3.68. The average molecular weight is 166 g/mol. The highest BCUT2D eigenvalue weighted by Gasteiger charge is 2.13. The van der Waals surface area contributed by atoms with Gasteiger partial charge >= 0.3 is 0 Å². The van der Waals surface area contributed by atoms with E-state index >= 15 is 0 Å². The molecule has 0 unspecified atom stereocenters. The van der Waals surface area contributed by atoms with Gasteiger partial charge in [-0.3, -0.25) is 0 Å². The van der Waals surface area contributed by atoms with Gasteiger partial charge in [-0.25, -0.2) is 0 Å². The first-order valence-corrected chi connectivity index (χ1v) is 3.96. The Balaban J connectivity index is 2.83. The van der Waals surface area contributed by atoms with Crippen LogP contribution in [0.15, 0.2) is 24.3 Å². The Morgan fingerprint density at radius 2 is 1.75 bits per heavy atom. The van der Waals surface area contributed by atoms with Crippen molar-refractivity contribution < 1.29 is 9.84 Å². The molecule has 1 rings (SSSR count). The third-order valence-corrected chi connectivity index (χ3v) is 1.28. The summed E-state index contributed by atoms with van der Waals surface area (Å²) in [4.78, 5) is 0. The number of para-hydroxylation sites is 2. The second kappa shape index (κ2) is 3.05. The van der Waals surface area contributed by atoms with Gasteiger partial charge in [-0.1, -0.05) is 12.1 Å². The lowest BCUT2D eigenvalue weighted by Crippen LogP contribution is -2.22. The van der Waals surface area contributed by atoms with E-state index in [2.05, 4.69) is 0 Å². The summed E-state index contributed by atoms with van der Waals surface area (Å²) in [6.45, 7) is 5.83. The van der Waals surface area contributed by atoms with E-state index < -0.39 is 0 Å². The number of ether oxygens (including phenoxy) is 1. The van der Waals surface area contributed by atoms with E-state index in [4.69, 9.17) is 4.74 Å². The van der Waals surface area contributed by atoms with Gasteiger partial charge in [0.05, 0.1) is 0 Å². The molecule has 0 amide bonds. The van der Waals surface area contributed by atoms with Crippen molar-refractivity contribution >= 4 is 0 Å². The summed E-state index contributed by atoms with van der Waals surface area (Å²) >= 11 is 0. The fourth-order valence-corrected chi connectivity index (χ4v) is 0.873. The third kappa shape index (κ3) is 2.46. The summed E-state index contributed by atoms with van der Waals surface area (Å²) in [5.74, 6) is 0.720. The predicted molar refractivity (Wildman–Crippen MR) is 48.5 cm³/mol. The van der Waals surface area contributed by atoms with Gasteiger partial charge in [-0.05, 0) is 32.9 Å². The number of rotatable bonds is 1. The van der Waals surface area contributed by atoms with Gasteiger partial charge in [0.1, 0.15) is 5.60 Å².